The lowest BCUT2D eigenvalue weighted by molar-refractivity contribution is 0.0912. The van der Waals surface area contributed by atoms with Crippen LogP contribution in [0.25, 0.3) is 0 Å². The van der Waals surface area contributed by atoms with Crippen molar-refractivity contribution in [3.05, 3.63) is 16.9 Å². The Kier molecular flexibility index (Phi) is 4.50. The van der Waals surface area contributed by atoms with Gasteiger partial charge in [0.2, 0.25) is 0 Å². The van der Waals surface area contributed by atoms with Crippen LogP contribution in [-0.4, -0.2) is 22.1 Å². The fourth-order valence-corrected chi connectivity index (χ4v) is 1.80. The van der Waals surface area contributed by atoms with Crippen LogP contribution in [0.5, 0.6) is 0 Å². The minimum Gasteiger partial charge on any atom is -0.330 e. The van der Waals surface area contributed by atoms with E-state index in [2.05, 4.69) is 5.10 Å². The molecule has 1 atom stereocenters. The molecule has 0 radical (unpaired) electrons. The van der Waals surface area contributed by atoms with Crippen molar-refractivity contribution in [3.8, 4) is 0 Å². The van der Waals surface area contributed by atoms with Gasteiger partial charge in [-0.1, -0.05) is 18.5 Å². The van der Waals surface area contributed by atoms with E-state index in [1.807, 2.05) is 20.8 Å². The Balaban J connectivity index is 3.02. The third-order valence-corrected chi connectivity index (χ3v) is 2.80. The summed E-state index contributed by atoms with van der Waals surface area (Å²) in [6.45, 7) is 6.30. The Morgan fingerprint density at radius 2 is 2.19 bits per heavy atom. The zero-order valence-electron chi connectivity index (χ0n) is 9.90. The lowest BCUT2D eigenvalue weighted by Crippen LogP contribution is -2.20. The van der Waals surface area contributed by atoms with E-state index in [0.29, 0.717) is 23.7 Å². The summed E-state index contributed by atoms with van der Waals surface area (Å²) in [7, 11) is 0. The number of hydrogen-bond donors (Lipinski definition) is 1. The molecular weight excluding hydrogens is 226 g/mol. The van der Waals surface area contributed by atoms with Crippen molar-refractivity contribution < 1.29 is 4.79 Å². The largest absolute Gasteiger partial charge is 0.330 e. The predicted molar refractivity (Wildman–Crippen MR) is 64.8 cm³/mol. The zero-order valence-corrected chi connectivity index (χ0v) is 10.7. The minimum atomic E-state index is -0.114. The van der Waals surface area contributed by atoms with Gasteiger partial charge in [-0.3, -0.25) is 9.48 Å². The second-order valence-corrected chi connectivity index (χ2v) is 4.63. The normalized spacial score (nSPS) is 13.1. The van der Waals surface area contributed by atoms with Gasteiger partial charge in [-0.05, 0) is 26.8 Å². The quantitative estimate of drug-likeness (QED) is 0.808. The molecule has 0 aliphatic carbocycles. The molecule has 16 heavy (non-hydrogen) atoms. The maximum Gasteiger partial charge on any atom is 0.185 e. The molecule has 1 unspecified atom stereocenters. The molecule has 1 aromatic heterocycles. The smallest absolute Gasteiger partial charge is 0.185 e. The van der Waals surface area contributed by atoms with Crippen molar-refractivity contribution in [2.45, 2.75) is 33.2 Å². The van der Waals surface area contributed by atoms with Gasteiger partial charge in [0.15, 0.2) is 5.78 Å². The van der Waals surface area contributed by atoms with Crippen LogP contribution in [0.1, 0.15) is 43.7 Å². The number of Topliss-reactive ketones (excluding diaryl/α,β-unsaturated/α-hetero) is 1. The first-order valence-corrected chi connectivity index (χ1v) is 5.84. The lowest BCUT2D eigenvalue weighted by Gasteiger charge is -2.13. The number of nitrogens with two attached hydrogens (primary N) is 1. The zero-order chi connectivity index (χ0) is 12.3. The average Bonchev–Trinajstić information content (AvgIpc) is 2.59. The first kappa shape index (κ1) is 13.2. The van der Waals surface area contributed by atoms with Crippen molar-refractivity contribution in [2.24, 2.45) is 11.7 Å². The highest BCUT2D eigenvalue weighted by Crippen LogP contribution is 2.22. The molecule has 0 saturated carbocycles. The van der Waals surface area contributed by atoms with Crippen molar-refractivity contribution in [2.75, 3.05) is 6.54 Å². The standard InChI is InChI=1S/C11H18ClN3O/c1-7(2)15-10(9(12)6-14-15)11(16)8(3)4-5-13/h6-8H,4-5,13H2,1-3H3. The number of nitrogens with zero attached hydrogens (tertiary/aromatic N) is 2. The summed E-state index contributed by atoms with van der Waals surface area (Å²) in [6.07, 6.45) is 2.18. The number of carbonyl (C=O) groups is 1. The fourth-order valence-electron chi connectivity index (χ4n) is 1.58. The summed E-state index contributed by atoms with van der Waals surface area (Å²) in [5.74, 6) is -0.0988. The highest BCUT2D eigenvalue weighted by molar-refractivity contribution is 6.33. The van der Waals surface area contributed by atoms with E-state index in [1.165, 1.54) is 6.20 Å². The van der Waals surface area contributed by atoms with Crippen LogP contribution < -0.4 is 5.73 Å². The SMILES string of the molecule is CC(CCN)C(=O)c1c(Cl)cnn1C(C)C. The van der Waals surface area contributed by atoms with Crippen LogP contribution in [0.3, 0.4) is 0 Å². The van der Waals surface area contributed by atoms with Crippen molar-refractivity contribution in [3.63, 3.8) is 0 Å². The number of ketones is 1. The number of rotatable bonds is 5. The van der Waals surface area contributed by atoms with Gasteiger partial charge in [-0.15, -0.1) is 0 Å². The number of hydrogen-bond acceptors (Lipinski definition) is 3. The lowest BCUT2D eigenvalue weighted by atomic mass is 10.00. The van der Waals surface area contributed by atoms with E-state index < -0.39 is 0 Å². The summed E-state index contributed by atoms with van der Waals surface area (Å²) in [5, 5.41) is 4.53. The summed E-state index contributed by atoms with van der Waals surface area (Å²) in [5.41, 5.74) is 5.95. The molecular formula is C11H18ClN3O. The monoisotopic (exact) mass is 243 g/mol. The van der Waals surface area contributed by atoms with Crippen molar-refractivity contribution in [1.29, 1.82) is 0 Å². The molecule has 0 bridgehead atoms. The van der Waals surface area contributed by atoms with Gasteiger partial charge >= 0.3 is 0 Å². The summed E-state index contributed by atoms with van der Waals surface area (Å²) in [6, 6.07) is 0.122. The predicted octanol–water partition coefficient (Wildman–Crippen LogP) is 2.29. The second kappa shape index (κ2) is 5.46. The number of aromatic nitrogens is 2. The van der Waals surface area contributed by atoms with Crippen LogP contribution in [0.2, 0.25) is 5.02 Å². The van der Waals surface area contributed by atoms with E-state index in [9.17, 15) is 4.79 Å². The average molecular weight is 244 g/mol. The number of halogens is 1. The molecule has 1 aromatic rings. The van der Waals surface area contributed by atoms with Gasteiger partial charge in [0.1, 0.15) is 5.69 Å². The van der Waals surface area contributed by atoms with E-state index in [0.717, 1.165) is 0 Å². The second-order valence-electron chi connectivity index (χ2n) is 4.22. The Labute approximate surface area is 101 Å². The molecule has 90 valence electrons. The Hall–Kier alpha value is -0.870. The van der Waals surface area contributed by atoms with Gasteiger partial charge < -0.3 is 5.73 Å². The fraction of sp³-hybridized carbons (Fsp3) is 0.636. The van der Waals surface area contributed by atoms with Crippen LogP contribution in [0.15, 0.2) is 6.20 Å². The third kappa shape index (κ3) is 2.62. The molecule has 2 N–H and O–H groups in total. The van der Waals surface area contributed by atoms with Crippen LogP contribution in [0, 0.1) is 5.92 Å². The minimum absolute atomic E-state index is 0.0154. The van der Waals surface area contributed by atoms with E-state index in [4.69, 9.17) is 17.3 Å². The molecule has 0 saturated heterocycles. The van der Waals surface area contributed by atoms with Crippen LogP contribution >= 0.6 is 11.6 Å². The van der Waals surface area contributed by atoms with Crippen LogP contribution in [0.4, 0.5) is 0 Å². The van der Waals surface area contributed by atoms with E-state index in [-0.39, 0.29) is 17.7 Å². The van der Waals surface area contributed by atoms with Gasteiger partial charge in [0.05, 0.1) is 11.2 Å². The Morgan fingerprint density at radius 1 is 1.56 bits per heavy atom. The molecule has 0 amide bonds. The first-order chi connectivity index (χ1) is 7.49. The molecule has 0 fully saturated rings. The van der Waals surface area contributed by atoms with E-state index in [1.54, 1.807) is 4.68 Å². The van der Waals surface area contributed by atoms with Gasteiger partial charge in [0, 0.05) is 12.0 Å². The Morgan fingerprint density at radius 3 is 2.69 bits per heavy atom. The summed E-state index contributed by atoms with van der Waals surface area (Å²) < 4.78 is 1.66. The first-order valence-electron chi connectivity index (χ1n) is 5.46. The molecule has 1 rings (SSSR count). The van der Waals surface area contributed by atoms with Crippen molar-refractivity contribution in [1.82, 2.24) is 9.78 Å². The van der Waals surface area contributed by atoms with Gasteiger partial charge in [-0.2, -0.15) is 5.10 Å². The number of carbonyl (C=O) groups excluding carboxylic acids is 1. The van der Waals surface area contributed by atoms with Crippen molar-refractivity contribution >= 4 is 17.4 Å². The van der Waals surface area contributed by atoms with Gasteiger partial charge in [0.25, 0.3) is 0 Å². The molecule has 4 nitrogen and oxygen atoms in total. The molecule has 0 aliphatic rings. The molecule has 0 spiro atoms. The van der Waals surface area contributed by atoms with Crippen LogP contribution in [-0.2, 0) is 0 Å². The highest BCUT2D eigenvalue weighted by Gasteiger charge is 2.23. The maximum absolute atomic E-state index is 12.1. The topological polar surface area (TPSA) is 60.9 Å². The summed E-state index contributed by atoms with van der Waals surface area (Å²) >= 11 is 5.99. The Bertz CT molecular complexity index is 373. The maximum atomic E-state index is 12.1. The van der Waals surface area contributed by atoms with Gasteiger partial charge in [-0.25, -0.2) is 0 Å². The molecule has 0 aliphatic heterocycles. The third-order valence-electron chi connectivity index (χ3n) is 2.52. The summed E-state index contributed by atoms with van der Waals surface area (Å²) in [4.78, 5) is 12.1. The van der Waals surface area contributed by atoms with E-state index >= 15 is 0 Å². The highest BCUT2D eigenvalue weighted by atomic mass is 35.5. The molecule has 0 aromatic carbocycles. The molecule has 1 heterocycles. The molecule has 5 heteroatoms.